The van der Waals surface area contributed by atoms with Crippen LogP contribution in [0.3, 0.4) is 0 Å². The summed E-state index contributed by atoms with van der Waals surface area (Å²) in [5.74, 6) is -3.73. The van der Waals surface area contributed by atoms with Crippen molar-refractivity contribution in [3.05, 3.63) is 11.6 Å². The fourth-order valence-electron chi connectivity index (χ4n) is 7.22. The zero-order valence-electron chi connectivity index (χ0n) is 24.7. The zero-order chi connectivity index (χ0) is 29.1. The number of hydrogen-bond acceptors (Lipinski definition) is 10. The van der Waals surface area contributed by atoms with Crippen LogP contribution in [0, 0.1) is 17.8 Å². The topological polar surface area (TPSA) is 124 Å². The monoisotopic (exact) mass is 553 g/mol. The summed E-state index contributed by atoms with van der Waals surface area (Å²) in [5, 5.41) is 22.7. The van der Waals surface area contributed by atoms with Gasteiger partial charge < -0.3 is 38.8 Å². The van der Waals surface area contributed by atoms with Crippen molar-refractivity contribution in [2.45, 2.75) is 128 Å². The summed E-state index contributed by atoms with van der Waals surface area (Å²) < 4.78 is 32.0. The van der Waals surface area contributed by atoms with E-state index in [2.05, 4.69) is 0 Å². The van der Waals surface area contributed by atoms with Gasteiger partial charge in [0, 0.05) is 17.9 Å². The Morgan fingerprint density at radius 3 is 2.38 bits per heavy atom. The van der Waals surface area contributed by atoms with Gasteiger partial charge in [-0.2, -0.15) is 0 Å². The summed E-state index contributed by atoms with van der Waals surface area (Å²) in [6, 6.07) is -0.198. The molecule has 0 aromatic rings. The molecule has 0 aromatic heterocycles. The van der Waals surface area contributed by atoms with Crippen molar-refractivity contribution in [3.63, 3.8) is 0 Å². The molecule has 2 N–H and O–H groups in total. The predicted octanol–water partition coefficient (Wildman–Crippen LogP) is 2.19. The summed E-state index contributed by atoms with van der Waals surface area (Å²) in [5.41, 5.74) is -1.83. The smallest absolute Gasteiger partial charge is 0.311 e. The lowest BCUT2D eigenvalue weighted by atomic mass is 9.78. The van der Waals surface area contributed by atoms with Crippen LogP contribution in [0.15, 0.2) is 11.6 Å². The second-order valence-corrected chi connectivity index (χ2v) is 12.8. The largest absolute Gasteiger partial charge is 0.459 e. The standard InChI is InChI=1S/C29H47NO9/c1-10-21-27(6)13-19(14-31)29(38-27)15(2)12-28(7,39-29)24(17(4)22(32)18(5)25(34)36-21)37-26-23(33)20(30(8)9)11-16(3)35-26/h13-18,20-24,26,32-33H,10-12H2,1-9H3/t15-,16-,17+,18-,20+,21-,22+,23-,24-,26+,27?,28?,29?/m1/s1. The Morgan fingerprint density at radius 1 is 1.13 bits per heavy atom. The fourth-order valence-corrected chi connectivity index (χ4v) is 7.22. The molecule has 0 aromatic carbocycles. The van der Waals surface area contributed by atoms with Crippen LogP contribution in [0.4, 0.5) is 0 Å². The number of aldehydes is 1. The highest BCUT2D eigenvalue weighted by molar-refractivity contribution is 5.78. The highest BCUT2D eigenvalue weighted by Crippen LogP contribution is 2.56. The molecule has 222 valence electrons. The number of rotatable bonds is 5. The van der Waals surface area contributed by atoms with E-state index in [4.69, 9.17) is 23.7 Å². The first-order chi connectivity index (χ1) is 18.1. The number of cyclic esters (lactones) is 1. The van der Waals surface area contributed by atoms with Gasteiger partial charge in [0.1, 0.15) is 17.8 Å². The van der Waals surface area contributed by atoms with Crippen molar-refractivity contribution < 1.29 is 43.5 Å². The molecule has 10 heteroatoms. The highest BCUT2D eigenvalue weighted by Gasteiger charge is 2.65. The Bertz CT molecular complexity index is 972. The molecule has 4 heterocycles. The van der Waals surface area contributed by atoms with Gasteiger partial charge in [0.2, 0.25) is 5.79 Å². The lowest BCUT2D eigenvalue weighted by molar-refractivity contribution is -0.327. The molecule has 3 unspecified atom stereocenters. The van der Waals surface area contributed by atoms with Crippen molar-refractivity contribution in [1.29, 1.82) is 0 Å². The third kappa shape index (κ3) is 5.11. The van der Waals surface area contributed by atoms with E-state index in [0.29, 0.717) is 24.8 Å². The molecule has 3 saturated heterocycles. The fraction of sp³-hybridized carbons (Fsp3) is 0.862. The van der Waals surface area contributed by atoms with E-state index in [1.807, 2.05) is 46.7 Å². The van der Waals surface area contributed by atoms with Gasteiger partial charge in [-0.05, 0) is 67.1 Å². The number of aliphatic hydroxyl groups excluding tert-OH is 2. The van der Waals surface area contributed by atoms with Crippen molar-refractivity contribution in [1.82, 2.24) is 4.90 Å². The Kier molecular flexibility index (Phi) is 8.45. The summed E-state index contributed by atoms with van der Waals surface area (Å²) in [6.45, 7) is 12.9. The van der Waals surface area contributed by atoms with Gasteiger partial charge in [0.15, 0.2) is 12.6 Å². The Labute approximate surface area is 231 Å². The van der Waals surface area contributed by atoms with E-state index in [9.17, 15) is 19.8 Å². The first kappa shape index (κ1) is 30.6. The van der Waals surface area contributed by atoms with E-state index in [1.54, 1.807) is 26.8 Å². The highest BCUT2D eigenvalue weighted by atomic mass is 16.8. The first-order valence-electron chi connectivity index (χ1n) is 14.2. The lowest BCUT2D eigenvalue weighted by Crippen LogP contribution is -2.59. The third-order valence-corrected chi connectivity index (χ3v) is 9.42. The van der Waals surface area contributed by atoms with E-state index in [-0.39, 0.29) is 18.1 Å². The molecule has 3 fully saturated rings. The first-order valence-corrected chi connectivity index (χ1v) is 14.2. The molecular formula is C29H47NO9. The minimum atomic E-state index is -1.38. The average molecular weight is 554 g/mol. The molecule has 1 spiro atoms. The number of carbonyl (C=O) groups excluding carboxylic acids is 2. The summed E-state index contributed by atoms with van der Waals surface area (Å²) in [6.07, 6.45) is -0.824. The van der Waals surface area contributed by atoms with Crippen LogP contribution < -0.4 is 0 Å². The number of nitrogens with zero attached hydrogens (tertiary/aromatic N) is 1. The predicted molar refractivity (Wildman–Crippen MR) is 141 cm³/mol. The van der Waals surface area contributed by atoms with Crippen molar-refractivity contribution in [2.75, 3.05) is 14.1 Å². The summed E-state index contributed by atoms with van der Waals surface area (Å²) in [4.78, 5) is 27.6. The molecule has 4 aliphatic rings. The van der Waals surface area contributed by atoms with Gasteiger partial charge in [0.25, 0.3) is 0 Å². The molecule has 0 aliphatic carbocycles. The normalized spacial score (nSPS) is 50.7. The second kappa shape index (κ2) is 10.8. The average Bonchev–Trinajstić information content (AvgIpc) is 3.31. The van der Waals surface area contributed by atoms with Gasteiger partial charge in [-0.1, -0.05) is 20.8 Å². The second-order valence-electron chi connectivity index (χ2n) is 12.8. The van der Waals surface area contributed by atoms with E-state index in [1.165, 1.54) is 0 Å². The van der Waals surface area contributed by atoms with Gasteiger partial charge >= 0.3 is 5.97 Å². The van der Waals surface area contributed by atoms with Crippen molar-refractivity contribution in [2.24, 2.45) is 17.8 Å². The molecule has 0 saturated carbocycles. The van der Waals surface area contributed by atoms with Crippen LogP contribution in [-0.4, -0.2) is 101 Å². The van der Waals surface area contributed by atoms with Crippen LogP contribution in [-0.2, 0) is 33.3 Å². The number of hydrogen-bond donors (Lipinski definition) is 2. The summed E-state index contributed by atoms with van der Waals surface area (Å²) in [7, 11) is 3.80. The van der Waals surface area contributed by atoms with Crippen LogP contribution in [0.5, 0.6) is 0 Å². The van der Waals surface area contributed by atoms with Gasteiger partial charge in [-0.15, -0.1) is 0 Å². The molecule has 13 atom stereocenters. The van der Waals surface area contributed by atoms with Crippen LogP contribution in [0.1, 0.15) is 67.7 Å². The molecular weight excluding hydrogens is 506 g/mol. The quantitative estimate of drug-likeness (QED) is 0.387. The number of fused-ring (bicyclic) bond motifs is 2. The van der Waals surface area contributed by atoms with Crippen molar-refractivity contribution >= 4 is 12.3 Å². The zero-order valence-corrected chi connectivity index (χ0v) is 24.7. The maximum absolute atomic E-state index is 13.3. The maximum atomic E-state index is 13.3. The molecule has 0 radical (unpaired) electrons. The van der Waals surface area contributed by atoms with E-state index in [0.717, 1.165) is 6.29 Å². The van der Waals surface area contributed by atoms with Crippen LogP contribution in [0.25, 0.3) is 0 Å². The summed E-state index contributed by atoms with van der Waals surface area (Å²) >= 11 is 0. The molecule has 10 nitrogen and oxygen atoms in total. The Balaban J connectivity index is 1.79. The van der Waals surface area contributed by atoms with Gasteiger partial charge in [0.05, 0.1) is 35.4 Å². The maximum Gasteiger partial charge on any atom is 0.311 e. The SMILES string of the molecule is CC[C@H]1OC(=O)[C@H](C)[C@@H](O)[C@H](C)[C@@H](O[C@@H]2O[C@H](C)C[C@H](N(C)C)[C@H]2O)C2(C)C[C@@H](C)C3(OC1(C)C=C3C=O)O2. The number of aliphatic hydroxyl groups is 2. The number of esters is 1. The van der Waals surface area contributed by atoms with Crippen LogP contribution in [0.2, 0.25) is 0 Å². The molecule has 4 aliphatic heterocycles. The van der Waals surface area contributed by atoms with Crippen molar-refractivity contribution in [3.8, 4) is 0 Å². The van der Waals surface area contributed by atoms with E-state index >= 15 is 0 Å². The third-order valence-electron chi connectivity index (χ3n) is 9.42. The van der Waals surface area contributed by atoms with Gasteiger partial charge in [-0.25, -0.2) is 0 Å². The minimum Gasteiger partial charge on any atom is -0.459 e. The molecule has 39 heavy (non-hydrogen) atoms. The molecule has 0 amide bonds. The minimum absolute atomic E-state index is 0.178. The number of likely N-dealkylation sites (N-methyl/N-ethyl adjacent to an activating group) is 1. The van der Waals surface area contributed by atoms with E-state index < -0.39 is 65.5 Å². The Hall–Kier alpha value is -1.40. The number of carbonyl (C=O) groups is 2. The van der Waals surface area contributed by atoms with Gasteiger partial charge in [-0.3, -0.25) is 9.59 Å². The van der Waals surface area contributed by atoms with Crippen LogP contribution >= 0.6 is 0 Å². The molecule has 3 bridgehead atoms. The molecule has 4 rings (SSSR count). The Morgan fingerprint density at radius 2 is 1.79 bits per heavy atom. The number of ether oxygens (including phenoxy) is 5. The lowest BCUT2D eigenvalue weighted by Gasteiger charge is -2.47.